The number of amides is 1. The van der Waals surface area contributed by atoms with E-state index < -0.39 is 0 Å². The average molecular weight is 248 g/mol. The zero-order valence-electron chi connectivity index (χ0n) is 10.2. The molecule has 1 aromatic rings. The van der Waals surface area contributed by atoms with Crippen molar-refractivity contribution in [2.24, 2.45) is 10.2 Å². The van der Waals surface area contributed by atoms with Gasteiger partial charge in [-0.05, 0) is 25.5 Å². The van der Waals surface area contributed by atoms with Crippen molar-refractivity contribution in [2.45, 2.75) is 20.3 Å². The van der Waals surface area contributed by atoms with Crippen LogP contribution in [-0.4, -0.2) is 12.5 Å². The van der Waals surface area contributed by atoms with Gasteiger partial charge in [0.2, 0.25) is 0 Å². The van der Waals surface area contributed by atoms with Crippen molar-refractivity contribution in [3.63, 3.8) is 0 Å². The van der Waals surface area contributed by atoms with Gasteiger partial charge in [-0.3, -0.25) is 4.79 Å². The molecule has 0 N–H and O–H groups in total. The molecular weight excluding hydrogens is 235 g/mol. The van der Waals surface area contributed by atoms with Crippen LogP contribution in [0, 0.1) is 5.82 Å². The molecule has 0 saturated carbocycles. The molecule has 1 aliphatic rings. The molecule has 0 saturated heterocycles. The number of azo groups is 1. The standard InChI is InChI=1S/C13H13FN2O2/c1-3-18-10-5-4-9(12(14)7-10)6-11-8(2)15-16-13(11)17/h4-5,7H,3,6H2,1-2H3. The monoisotopic (exact) mass is 248 g/mol. The maximum atomic E-state index is 13.8. The van der Waals surface area contributed by atoms with Gasteiger partial charge in [0, 0.05) is 18.1 Å². The Bertz CT molecular complexity index is 550. The largest absolute Gasteiger partial charge is 0.494 e. The van der Waals surface area contributed by atoms with Crippen molar-refractivity contribution < 1.29 is 13.9 Å². The summed E-state index contributed by atoms with van der Waals surface area (Å²) in [5, 5.41) is 7.12. The lowest BCUT2D eigenvalue weighted by Crippen LogP contribution is -2.02. The summed E-state index contributed by atoms with van der Waals surface area (Å²) in [6, 6.07) is 4.63. The molecule has 94 valence electrons. The van der Waals surface area contributed by atoms with Crippen molar-refractivity contribution >= 4 is 5.91 Å². The van der Waals surface area contributed by atoms with Gasteiger partial charge in [-0.15, -0.1) is 5.11 Å². The van der Waals surface area contributed by atoms with Crippen LogP contribution in [0.15, 0.2) is 39.7 Å². The predicted molar refractivity (Wildman–Crippen MR) is 63.8 cm³/mol. The Hall–Kier alpha value is -2.04. The number of ether oxygens (including phenoxy) is 1. The first-order valence-corrected chi connectivity index (χ1v) is 5.69. The molecule has 1 aliphatic heterocycles. The Morgan fingerprint density at radius 3 is 2.67 bits per heavy atom. The van der Waals surface area contributed by atoms with Gasteiger partial charge in [-0.2, -0.15) is 5.11 Å². The van der Waals surface area contributed by atoms with Gasteiger partial charge < -0.3 is 4.74 Å². The fourth-order valence-corrected chi connectivity index (χ4v) is 1.72. The van der Waals surface area contributed by atoms with E-state index in [2.05, 4.69) is 10.2 Å². The lowest BCUT2D eigenvalue weighted by Gasteiger charge is -2.07. The van der Waals surface area contributed by atoms with Crippen molar-refractivity contribution in [1.82, 2.24) is 0 Å². The third-order valence-electron chi connectivity index (χ3n) is 2.69. The third-order valence-corrected chi connectivity index (χ3v) is 2.69. The molecule has 0 radical (unpaired) electrons. The lowest BCUT2D eigenvalue weighted by atomic mass is 10.0. The van der Waals surface area contributed by atoms with Gasteiger partial charge in [0.05, 0.1) is 12.3 Å². The molecular formula is C13H13FN2O2. The highest BCUT2D eigenvalue weighted by Gasteiger charge is 2.20. The second-order valence-corrected chi connectivity index (χ2v) is 3.93. The fourth-order valence-electron chi connectivity index (χ4n) is 1.72. The minimum absolute atomic E-state index is 0.204. The molecule has 0 fully saturated rings. The van der Waals surface area contributed by atoms with E-state index in [1.807, 2.05) is 6.92 Å². The summed E-state index contributed by atoms with van der Waals surface area (Å²) in [5.41, 5.74) is 1.43. The van der Waals surface area contributed by atoms with Crippen LogP contribution in [0.1, 0.15) is 19.4 Å². The number of hydrogen-bond donors (Lipinski definition) is 0. The number of hydrogen-bond acceptors (Lipinski definition) is 3. The minimum Gasteiger partial charge on any atom is -0.494 e. The average Bonchev–Trinajstić information content (AvgIpc) is 2.64. The van der Waals surface area contributed by atoms with Gasteiger partial charge in [0.15, 0.2) is 0 Å². The fraction of sp³-hybridized carbons (Fsp3) is 0.308. The summed E-state index contributed by atoms with van der Waals surface area (Å²) in [6.07, 6.45) is 0.204. The highest BCUT2D eigenvalue weighted by molar-refractivity contribution is 5.96. The number of benzene rings is 1. The maximum Gasteiger partial charge on any atom is 0.293 e. The van der Waals surface area contributed by atoms with Crippen LogP contribution >= 0.6 is 0 Å². The van der Waals surface area contributed by atoms with Crippen LogP contribution in [0.4, 0.5) is 4.39 Å². The zero-order chi connectivity index (χ0) is 13.1. The lowest BCUT2D eigenvalue weighted by molar-refractivity contribution is -0.114. The van der Waals surface area contributed by atoms with Gasteiger partial charge >= 0.3 is 0 Å². The Kier molecular flexibility index (Phi) is 3.50. The molecule has 1 heterocycles. The zero-order valence-corrected chi connectivity index (χ0v) is 10.2. The summed E-state index contributed by atoms with van der Waals surface area (Å²) >= 11 is 0. The number of nitrogens with zero attached hydrogens (tertiary/aromatic N) is 2. The van der Waals surface area contributed by atoms with Crippen LogP contribution in [0.25, 0.3) is 0 Å². The molecule has 4 nitrogen and oxygen atoms in total. The first kappa shape index (κ1) is 12.4. The summed E-state index contributed by atoms with van der Waals surface area (Å²) in [7, 11) is 0. The Morgan fingerprint density at radius 1 is 1.33 bits per heavy atom. The van der Waals surface area contributed by atoms with E-state index in [4.69, 9.17) is 4.74 Å². The normalized spacial score (nSPS) is 14.5. The van der Waals surface area contributed by atoms with E-state index in [1.165, 1.54) is 6.07 Å². The van der Waals surface area contributed by atoms with Crippen molar-refractivity contribution in [1.29, 1.82) is 0 Å². The number of carbonyl (C=O) groups is 1. The van der Waals surface area contributed by atoms with Crippen LogP contribution in [0.5, 0.6) is 5.75 Å². The number of carbonyl (C=O) groups excluding carboxylic acids is 1. The molecule has 0 spiro atoms. The second kappa shape index (κ2) is 5.08. The van der Waals surface area contributed by atoms with E-state index in [0.29, 0.717) is 29.2 Å². The molecule has 0 unspecified atom stereocenters. The second-order valence-electron chi connectivity index (χ2n) is 3.93. The van der Waals surface area contributed by atoms with Gasteiger partial charge in [-0.25, -0.2) is 4.39 Å². The van der Waals surface area contributed by atoms with E-state index in [0.717, 1.165) is 0 Å². The van der Waals surface area contributed by atoms with Gasteiger partial charge in [-0.1, -0.05) is 6.07 Å². The molecule has 2 rings (SSSR count). The van der Waals surface area contributed by atoms with Crippen molar-refractivity contribution in [3.8, 4) is 5.75 Å². The molecule has 1 aromatic carbocycles. The van der Waals surface area contributed by atoms with Crippen LogP contribution in [0.2, 0.25) is 0 Å². The third kappa shape index (κ3) is 2.45. The molecule has 0 atom stereocenters. The molecule has 5 heteroatoms. The van der Waals surface area contributed by atoms with E-state index in [1.54, 1.807) is 19.1 Å². The SMILES string of the molecule is CCOc1ccc(CC2=C(C)N=NC2=O)c(F)c1. The van der Waals surface area contributed by atoms with Gasteiger partial charge in [0.25, 0.3) is 5.91 Å². The predicted octanol–water partition coefficient (Wildman–Crippen LogP) is 3.03. The number of halogens is 1. The number of allylic oxidation sites excluding steroid dienone is 1. The maximum absolute atomic E-state index is 13.8. The van der Waals surface area contributed by atoms with Crippen LogP contribution in [-0.2, 0) is 11.2 Å². The first-order chi connectivity index (χ1) is 8.61. The van der Waals surface area contributed by atoms with Crippen molar-refractivity contribution in [2.75, 3.05) is 6.61 Å². The molecule has 0 aliphatic carbocycles. The molecule has 0 bridgehead atoms. The highest BCUT2D eigenvalue weighted by atomic mass is 19.1. The Morgan fingerprint density at radius 2 is 2.11 bits per heavy atom. The summed E-state index contributed by atoms with van der Waals surface area (Å²) < 4.78 is 19.0. The minimum atomic E-state index is -0.388. The van der Waals surface area contributed by atoms with Crippen LogP contribution < -0.4 is 4.74 Å². The number of rotatable bonds is 4. The smallest absolute Gasteiger partial charge is 0.293 e. The Balaban J connectivity index is 2.21. The molecule has 0 aromatic heterocycles. The molecule has 18 heavy (non-hydrogen) atoms. The van der Waals surface area contributed by atoms with E-state index in [-0.39, 0.29) is 18.1 Å². The summed E-state index contributed by atoms with van der Waals surface area (Å²) in [6.45, 7) is 4.01. The quantitative estimate of drug-likeness (QED) is 0.822. The van der Waals surface area contributed by atoms with Crippen molar-refractivity contribution in [3.05, 3.63) is 40.8 Å². The Labute approximate surface area is 104 Å². The summed E-state index contributed by atoms with van der Waals surface area (Å²) in [5.74, 6) is -0.293. The topological polar surface area (TPSA) is 51.0 Å². The van der Waals surface area contributed by atoms with Gasteiger partial charge in [0.1, 0.15) is 11.6 Å². The van der Waals surface area contributed by atoms with Crippen LogP contribution in [0.3, 0.4) is 0 Å². The van der Waals surface area contributed by atoms with E-state index >= 15 is 0 Å². The molecule has 1 amide bonds. The first-order valence-electron chi connectivity index (χ1n) is 5.69. The summed E-state index contributed by atoms with van der Waals surface area (Å²) in [4.78, 5) is 11.4. The van der Waals surface area contributed by atoms with E-state index in [9.17, 15) is 9.18 Å². The highest BCUT2D eigenvalue weighted by Crippen LogP contribution is 2.24.